The third-order valence-corrected chi connectivity index (χ3v) is 1.54. The number of nitrogens with two attached hydrogens (primary N) is 1. The van der Waals surface area contributed by atoms with Crippen LogP contribution < -0.4 is 5.73 Å². The molecule has 10 heavy (non-hydrogen) atoms. The Morgan fingerprint density at radius 1 is 1.80 bits per heavy atom. The highest BCUT2D eigenvalue weighted by atomic mass is 35.5. The van der Waals surface area contributed by atoms with E-state index in [4.69, 9.17) is 5.73 Å². The largest absolute Gasteiger partial charge is 0.468 e. The van der Waals surface area contributed by atoms with Gasteiger partial charge in [0.25, 0.3) is 0 Å². The molecule has 0 aliphatic heterocycles. The summed E-state index contributed by atoms with van der Waals surface area (Å²) in [6.45, 7) is 0. The second kappa shape index (κ2) is 7.18. The van der Waals surface area contributed by atoms with Gasteiger partial charge in [-0.1, -0.05) is 0 Å². The first-order valence-corrected chi connectivity index (χ1v) is 3.94. The number of hydrogen-bond acceptors (Lipinski definition) is 4. The van der Waals surface area contributed by atoms with Crippen molar-refractivity contribution < 1.29 is 9.53 Å². The summed E-state index contributed by atoms with van der Waals surface area (Å²) in [7, 11) is 1.34. The quantitative estimate of drug-likeness (QED) is 0.642. The fourth-order valence-electron chi connectivity index (χ4n) is 0.399. The highest BCUT2D eigenvalue weighted by Gasteiger charge is 2.11. The highest BCUT2D eigenvalue weighted by Crippen LogP contribution is 1.95. The molecule has 0 rings (SSSR count). The van der Waals surface area contributed by atoms with E-state index in [-0.39, 0.29) is 18.4 Å². The number of hydrogen-bond donors (Lipinski definition) is 1. The molecular weight excluding hydrogens is 174 g/mol. The van der Waals surface area contributed by atoms with Gasteiger partial charge in [0.15, 0.2) is 0 Å². The molecule has 0 radical (unpaired) electrons. The van der Waals surface area contributed by atoms with Crippen LogP contribution in [-0.2, 0) is 9.53 Å². The van der Waals surface area contributed by atoms with Gasteiger partial charge in [-0.05, 0) is 6.26 Å². The number of esters is 1. The van der Waals surface area contributed by atoms with Gasteiger partial charge >= 0.3 is 5.97 Å². The van der Waals surface area contributed by atoms with Crippen molar-refractivity contribution in [3.63, 3.8) is 0 Å². The molecular formula is C5H12ClNO2S. The maximum atomic E-state index is 10.5. The van der Waals surface area contributed by atoms with Crippen LogP contribution >= 0.6 is 24.2 Å². The van der Waals surface area contributed by atoms with Crippen molar-refractivity contribution in [3.8, 4) is 0 Å². The van der Waals surface area contributed by atoms with Crippen molar-refractivity contribution in [2.45, 2.75) is 6.04 Å². The van der Waals surface area contributed by atoms with Crippen LogP contribution in [0.1, 0.15) is 0 Å². The Morgan fingerprint density at radius 3 is 2.60 bits per heavy atom. The maximum absolute atomic E-state index is 10.5. The summed E-state index contributed by atoms with van der Waals surface area (Å²) >= 11 is 1.53. The second-order valence-electron chi connectivity index (χ2n) is 1.58. The van der Waals surface area contributed by atoms with E-state index >= 15 is 0 Å². The maximum Gasteiger partial charge on any atom is 0.323 e. The van der Waals surface area contributed by atoms with Crippen molar-refractivity contribution in [1.82, 2.24) is 0 Å². The lowest BCUT2D eigenvalue weighted by molar-refractivity contribution is -0.141. The second-order valence-corrected chi connectivity index (χ2v) is 2.50. The Labute approximate surface area is 71.1 Å². The Balaban J connectivity index is 0. The van der Waals surface area contributed by atoms with Gasteiger partial charge in [0.05, 0.1) is 7.11 Å². The monoisotopic (exact) mass is 185 g/mol. The topological polar surface area (TPSA) is 52.3 Å². The number of ether oxygens (including phenoxy) is 1. The summed E-state index contributed by atoms with van der Waals surface area (Å²) in [5, 5.41) is 0. The van der Waals surface area contributed by atoms with Crippen molar-refractivity contribution in [3.05, 3.63) is 0 Å². The lowest BCUT2D eigenvalue weighted by Gasteiger charge is -2.05. The predicted octanol–water partition coefficient (Wildman–Crippen LogP) is 0.272. The van der Waals surface area contributed by atoms with Crippen LogP contribution in [0.2, 0.25) is 0 Å². The van der Waals surface area contributed by atoms with Crippen LogP contribution in [-0.4, -0.2) is 31.1 Å². The molecule has 0 fully saturated rings. The molecule has 0 heterocycles. The minimum absolute atomic E-state index is 0. The number of rotatable bonds is 3. The van der Waals surface area contributed by atoms with Crippen molar-refractivity contribution in [2.75, 3.05) is 19.1 Å². The zero-order valence-corrected chi connectivity index (χ0v) is 7.63. The summed E-state index contributed by atoms with van der Waals surface area (Å²) in [5.41, 5.74) is 5.34. The minimum atomic E-state index is -0.468. The predicted molar refractivity (Wildman–Crippen MR) is 45.6 cm³/mol. The first-order valence-electron chi connectivity index (χ1n) is 2.54. The molecule has 0 saturated heterocycles. The number of halogens is 1. The number of carbonyl (C=O) groups is 1. The minimum Gasteiger partial charge on any atom is -0.468 e. The van der Waals surface area contributed by atoms with E-state index in [0.29, 0.717) is 5.75 Å². The lowest BCUT2D eigenvalue weighted by atomic mass is 10.4. The van der Waals surface area contributed by atoms with Gasteiger partial charge in [-0.3, -0.25) is 4.79 Å². The summed E-state index contributed by atoms with van der Waals surface area (Å²) in [6.07, 6.45) is 1.89. The molecule has 0 unspecified atom stereocenters. The third-order valence-electron chi connectivity index (χ3n) is 0.850. The molecule has 0 aliphatic carbocycles. The Kier molecular flexibility index (Phi) is 9.13. The number of thioether (sulfide) groups is 1. The molecule has 0 bridgehead atoms. The molecule has 0 spiro atoms. The van der Waals surface area contributed by atoms with Crippen LogP contribution in [0, 0.1) is 0 Å². The number of carbonyl (C=O) groups excluding carboxylic acids is 1. The summed E-state index contributed by atoms with van der Waals surface area (Å²) < 4.78 is 4.39. The van der Waals surface area contributed by atoms with Gasteiger partial charge in [0.1, 0.15) is 6.04 Å². The fourth-order valence-corrected chi connectivity index (χ4v) is 0.894. The van der Waals surface area contributed by atoms with E-state index in [2.05, 4.69) is 4.74 Å². The molecule has 3 nitrogen and oxygen atoms in total. The van der Waals surface area contributed by atoms with Crippen molar-refractivity contribution in [2.24, 2.45) is 5.73 Å². The average Bonchev–Trinajstić information content (AvgIpc) is 1.87. The Hall–Kier alpha value is 0.0700. The normalized spacial score (nSPS) is 11.5. The third kappa shape index (κ3) is 4.90. The smallest absolute Gasteiger partial charge is 0.323 e. The Morgan fingerprint density at radius 2 is 2.30 bits per heavy atom. The van der Waals surface area contributed by atoms with E-state index in [1.54, 1.807) is 0 Å². The average molecular weight is 186 g/mol. The van der Waals surface area contributed by atoms with Gasteiger partial charge in [0.2, 0.25) is 0 Å². The van der Waals surface area contributed by atoms with Crippen LogP contribution in [0.3, 0.4) is 0 Å². The first kappa shape index (κ1) is 12.7. The molecule has 0 aromatic heterocycles. The van der Waals surface area contributed by atoms with Crippen LogP contribution in [0.15, 0.2) is 0 Å². The standard InChI is InChI=1S/C5H11NO2S.ClH/c1-8-5(7)4(6)3-9-2;/h4H,3,6H2,1-2H3;1H/t4-;/m1./s1. The van der Waals surface area contributed by atoms with E-state index in [1.807, 2.05) is 6.26 Å². The van der Waals surface area contributed by atoms with E-state index < -0.39 is 6.04 Å². The highest BCUT2D eigenvalue weighted by molar-refractivity contribution is 7.98. The molecule has 62 valence electrons. The molecule has 1 atom stereocenters. The Bertz CT molecular complexity index is 102. The first-order chi connectivity index (χ1) is 4.22. The lowest BCUT2D eigenvalue weighted by Crippen LogP contribution is -2.33. The molecule has 0 aromatic rings. The summed E-state index contributed by atoms with van der Waals surface area (Å²) in [4.78, 5) is 10.5. The van der Waals surface area contributed by atoms with Crippen LogP contribution in [0.5, 0.6) is 0 Å². The van der Waals surface area contributed by atoms with Gasteiger partial charge in [-0.15, -0.1) is 12.4 Å². The molecule has 0 amide bonds. The zero-order valence-electron chi connectivity index (χ0n) is 5.99. The molecule has 0 aromatic carbocycles. The molecule has 0 saturated carbocycles. The van der Waals surface area contributed by atoms with Gasteiger partial charge in [0, 0.05) is 5.75 Å². The van der Waals surface area contributed by atoms with Crippen LogP contribution in [0.4, 0.5) is 0 Å². The van der Waals surface area contributed by atoms with Gasteiger partial charge in [-0.2, -0.15) is 11.8 Å². The van der Waals surface area contributed by atoms with Crippen molar-refractivity contribution in [1.29, 1.82) is 0 Å². The summed E-state index contributed by atoms with van der Waals surface area (Å²) in [6, 6.07) is -0.468. The molecule has 5 heteroatoms. The van der Waals surface area contributed by atoms with E-state index in [0.717, 1.165) is 0 Å². The summed E-state index contributed by atoms with van der Waals surface area (Å²) in [5.74, 6) is 0.275. The fraction of sp³-hybridized carbons (Fsp3) is 0.800. The molecule has 2 N–H and O–H groups in total. The van der Waals surface area contributed by atoms with Gasteiger partial charge in [-0.25, -0.2) is 0 Å². The molecule has 0 aliphatic rings. The van der Waals surface area contributed by atoms with Crippen molar-refractivity contribution >= 4 is 30.1 Å². The SMILES string of the molecule is COC(=O)[C@H](N)CSC.Cl. The van der Waals surface area contributed by atoms with E-state index in [1.165, 1.54) is 18.9 Å². The van der Waals surface area contributed by atoms with Crippen LogP contribution in [0.25, 0.3) is 0 Å². The zero-order chi connectivity index (χ0) is 7.28. The van der Waals surface area contributed by atoms with E-state index in [9.17, 15) is 4.79 Å². The number of methoxy groups -OCH3 is 1. The van der Waals surface area contributed by atoms with Gasteiger partial charge < -0.3 is 10.5 Å².